The van der Waals surface area contributed by atoms with Gasteiger partial charge in [-0.15, -0.1) is 0 Å². The minimum Gasteiger partial charge on any atom is -0.248 e. The molecule has 2 aliphatic carbocycles. The molecule has 1 nitrogen and oxygen atoms in total. The van der Waals surface area contributed by atoms with Gasteiger partial charge < -0.3 is 0 Å². The Kier molecular flexibility index (Phi) is 6.55. The van der Waals surface area contributed by atoms with Crippen LogP contribution in [0.15, 0.2) is 164 Å². The molecule has 1 fully saturated rings. The Morgan fingerprint density at radius 2 is 0.904 bits per heavy atom. The number of aromatic nitrogens is 1. The lowest BCUT2D eigenvalue weighted by atomic mass is 9.67. The van der Waals surface area contributed by atoms with Crippen LogP contribution in [0.25, 0.3) is 88.2 Å². The highest BCUT2D eigenvalue weighted by atomic mass is 14.7. The van der Waals surface area contributed by atoms with E-state index < -0.39 is 0 Å². The number of rotatable bonds is 4. The molecule has 0 unspecified atom stereocenters. The number of pyridine rings is 1. The van der Waals surface area contributed by atoms with E-state index in [4.69, 9.17) is 4.98 Å². The second-order valence-corrected chi connectivity index (χ2v) is 15.0. The van der Waals surface area contributed by atoms with E-state index in [1.54, 1.807) is 0 Å². The summed E-state index contributed by atoms with van der Waals surface area (Å²) in [4.78, 5) is 5.17. The van der Waals surface area contributed by atoms with Crippen LogP contribution >= 0.6 is 0 Å². The second kappa shape index (κ2) is 11.5. The van der Waals surface area contributed by atoms with Gasteiger partial charge in [0, 0.05) is 16.5 Å². The molecule has 0 aliphatic heterocycles. The molecule has 0 radical (unpaired) electrons. The highest BCUT2D eigenvalue weighted by molar-refractivity contribution is 6.25. The zero-order valence-corrected chi connectivity index (χ0v) is 29.1. The molecular weight excluding hydrogens is 627 g/mol. The Balaban J connectivity index is 1.07. The fourth-order valence-electron chi connectivity index (χ4n) is 9.73. The Labute approximate surface area is 304 Å². The average Bonchev–Trinajstić information content (AvgIpc) is 3.47. The third-order valence-electron chi connectivity index (χ3n) is 12.2. The van der Waals surface area contributed by atoms with Crippen molar-refractivity contribution in [1.29, 1.82) is 0 Å². The van der Waals surface area contributed by atoms with Crippen LogP contribution in [0, 0.1) is 0 Å². The number of benzene rings is 8. The molecule has 0 saturated heterocycles. The molecule has 1 aromatic heterocycles. The summed E-state index contributed by atoms with van der Waals surface area (Å²) in [5.74, 6) is 0. The number of hydrogen-bond donors (Lipinski definition) is 0. The summed E-state index contributed by atoms with van der Waals surface area (Å²) in [5, 5.41) is 8.06. The second-order valence-electron chi connectivity index (χ2n) is 15.0. The van der Waals surface area contributed by atoms with E-state index in [2.05, 4.69) is 164 Å². The van der Waals surface area contributed by atoms with E-state index in [1.165, 1.54) is 109 Å². The molecule has 9 aromatic rings. The van der Waals surface area contributed by atoms with Crippen molar-refractivity contribution >= 4 is 32.3 Å². The molecule has 8 aromatic carbocycles. The highest BCUT2D eigenvalue weighted by Gasteiger charge is 2.44. The third-order valence-corrected chi connectivity index (χ3v) is 12.2. The van der Waals surface area contributed by atoms with Crippen LogP contribution in [-0.2, 0) is 5.41 Å². The van der Waals surface area contributed by atoms with Gasteiger partial charge in [0.2, 0.25) is 0 Å². The zero-order valence-electron chi connectivity index (χ0n) is 29.1. The van der Waals surface area contributed by atoms with E-state index >= 15 is 0 Å². The molecule has 0 amide bonds. The molecule has 11 rings (SSSR count). The predicted molar refractivity (Wildman–Crippen MR) is 219 cm³/mol. The Bertz CT molecular complexity index is 2730. The van der Waals surface area contributed by atoms with E-state index in [0.29, 0.717) is 0 Å². The van der Waals surface area contributed by atoms with Crippen molar-refractivity contribution in [1.82, 2.24) is 4.98 Å². The van der Waals surface area contributed by atoms with Crippen molar-refractivity contribution < 1.29 is 0 Å². The molecule has 52 heavy (non-hydrogen) atoms. The maximum absolute atomic E-state index is 5.17. The van der Waals surface area contributed by atoms with Gasteiger partial charge in [-0.2, -0.15) is 0 Å². The largest absolute Gasteiger partial charge is 0.248 e. The topological polar surface area (TPSA) is 12.9 Å². The minimum atomic E-state index is 0.0241. The molecular formula is C51H37N. The van der Waals surface area contributed by atoms with Crippen molar-refractivity contribution in [3.05, 3.63) is 175 Å². The van der Waals surface area contributed by atoms with Gasteiger partial charge in [-0.1, -0.05) is 159 Å². The maximum Gasteiger partial charge on any atom is 0.0715 e. The van der Waals surface area contributed by atoms with Crippen LogP contribution in [0.2, 0.25) is 0 Å². The lowest BCUT2D eigenvalue weighted by Gasteiger charge is -2.36. The van der Waals surface area contributed by atoms with Gasteiger partial charge in [0.15, 0.2) is 0 Å². The highest BCUT2D eigenvalue weighted by Crippen LogP contribution is 2.57. The first kappa shape index (κ1) is 29.7. The Morgan fingerprint density at radius 3 is 1.56 bits per heavy atom. The molecule has 0 N–H and O–H groups in total. The van der Waals surface area contributed by atoms with Gasteiger partial charge in [-0.05, 0) is 114 Å². The van der Waals surface area contributed by atoms with E-state index in [1.807, 2.05) is 0 Å². The summed E-state index contributed by atoms with van der Waals surface area (Å²) >= 11 is 0. The van der Waals surface area contributed by atoms with Crippen molar-refractivity contribution in [2.45, 2.75) is 37.5 Å². The van der Waals surface area contributed by atoms with Gasteiger partial charge in [-0.3, -0.25) is 0 Å². The fraction of sp³-hybridized carbons (Fsp3) is 0.118. The summed E-state index contributed by atoms with van der Waals surface area (Å²) in [6.07, 6.45) is 6.22. The van der Waals surface area contributed by atoms with E-state index in [0.717, 1.165) is 22.5 Å². The smallest absolute Gasteiger partial charge is 0.0715 e. The standard InChI is InChI=1S/C51H37N/c1-4-11-33(12-5-1)47-31-40(32-48(52-47)34-13-6-2-7-14-34)38-21-24-42-43-25-22-39(30-46(43)51(45(42)29-38)27-8-3-9-28-51)41-23-19-37-18-17-35-15-10-16-36-20-26-44(41)50(37)49(35)36/h1-2,4-7,10-26,29-32H,3,8-9,27-28H2. The predicted octanol–water partition coefficient (Wildman–Crippen LogP) is 13.9. The van der Waals surface area contributed by atoms with Gasteiger partial charge >= 0.3 is 0 Å². The lowest BCUT2D eigenvalue weighted by molar-refractivity contribution is 0.353. The average molecular weight is 664 g/mol. The monoisotopic (exact) mass is 663 g/mol. The van der Waals surface area contributed by atoms with Crippen molar-refractivity contribution in [2.75, 3.05) is 0 Å². The van der Waals surface area contributed by atoms with Crippen LogP contribution in [0.1, 0.15) is 43.2 Å². The first-order valence-electron chi connectivity index (χ1n) is 18.8. The summed E-state index contributed by atoms with van der Waals surface area (Å²) in [5.41, 5.74) is 15.3. The SMILES string of the molecule is c1ccc(-c2cc(-c3ccc4c(c3)C3(CCCCC3)c3cc(-c5ccc6ccc7cccc8ccc5c6c78)ccc3-4)cc(-c3ccccc3)n2)cc1. The first-order valence-corrected chi connectivity index (χ1v) is 18.8. The van der Waals surface area contributed by atoms with E-state index in [9.17, 15) is 0 Å². The van der Waals surface area contributed by atoms with Gasteiger partial charge in [0.25, 0.3) is 0 Å². The van der Waals surface area contributed by atoms with Crippen LogP contribution in [-0.4, -0.2) is 4.98 Å². The number of fused-ring (bicyclic) bond motifs is 5. The molecule has 0 atom stereocenters. The van der Waals surface area contributed by atoms with Crippen molar-refractivity contribution in [3.8, 4) is 55.9 Å². The van der Waals surface area contributed by atoms with Gasteiger partial charge in [-0.25, -0.2) is 4.98 Å². The number of nitrogens with zero attached hydrogens (tertiary/aromatic N) is 1. The fourth-order valence-corrected chi connectivity index (χ4v) is 9.73. The van der Waals surface area contributed by atoms with Gasteiger partial charge in [0.1, 0.15) is 0 Å². The summed E-state index contributed by atoms with van der Waals surface area (Å²) in [7, 11) is 0. The molecule has 2 aliphatic rings. The number of hydrogen-bond acceptors (Lipinski definition) is 1. The molecule has 0 bridgehead atoms. The molecule has 1 spiro atoms. The molecule has 1 saturated carbocycles. The van der Waals surface area contributed by atoms with Crippen molar-refractivity contribution in [2.24, 2.45) is 0 Å². The summed E-state index contributed by atoms with van der Waals surface area (Å²) in [6, 6.07) is 61.0. The summed E-state index contributed by atoms with van der Waals surface area (Å²) < 4.78 is 0. The van der Waals surface area contributed by atoms with Gasteiger partial charge in [0.05, 0.1) is 11.4 Å². The van der Waals surface area contributed by atoms with E-state index in [-0.39, 0.29) is 5.41 Å². The van der Waals surface area contributed by atoms with Crippen LogP contribution < -0.4 is 0 Å². The Morgan fingerprint density at radius 1 is 0.365 bits per heavy atom. The maximum atomic E-state index is 5.17. The Hall–Kier alpha value is -6.05. The van der Waals surface area contributed by atoms with Crippen LogP contribution in [0.5, 0.6) is 0 Å². The third kappa shape index (κ3) is 4.45. The lowest BCUT2D eigenvalue weighted by Crippen LogP contribution is -2.28. The molecule has 1 heteroatoms. The normalized spacial score (nSPS) is 14.7. The quantitative estimate of drug-likeness (QED) is 0.171. The first-order chi connectivity index (χ1) is 25.7. The zero-order chi connectivity index (χ0) is 34.2. The molecule has 246 valence electrons. The van der Waals surface area contributed by atoms with Crippen LogP contribution in [0.4, 0.5) is 0 Å². The van der Waals surface area contributed by atoms with Crippen LogP contribution in [0.3, 0.4) is 0 Å². The molecule has 1 heterocycles. The summed E-state index contributed by atoms with van der Waals surface area (Å²) in [6.45, 7) is 0. The van der Waals surface area contributed by atoms with Crippen molar-refractivity contribution in [3.63, 3.8) is 0 Å². The minimum absolute atomic E-state index is 0.0241.